The van der Waals surface area contributed by atoms with Gasteiger partial charge in [-0.3, -0.25) is 14.2 Å². The van der Waals surface area contributed by atoms with E-state index in [2.05, 4.69) is 22.2 Å². The van der Waals surface area contributed by atoms with Gasteiger partial charge in [0.1, 0.15) is 11.7 Å². The lowest BCUT2D eigenvalue weighted by Crippen LogP contribution is -2.51. The number of benzene rings is 2. The fourth-order valence-corrected chi connectivity index (χ4v) is 6.20. The molecule has 1 amide bonds. The van der Waals surface area contributed by atoms with Crippen LogP contribution in [0.3, 0.4) is 0 Å². The Morgan fingerprint density at radius 3 is 2.39 bits per heavy atom. The number of hydrogen-bond acceptors (Lipinski definition) is 5. The Bertz CT molecular complexity index is 1470. The third-order valence-electron chi connectivity index (χ3n) is 8.34. The van der Waals surface area contributed by atoms with E-state index in [0.29, 0.717) is 37.0 Å². The lowest BCUT2D eigenvalue weighted by Gasteiger charge is -2.41. The van der Waals surface area contributed by atoms with Crippen molar-refractivity contribution in [1.82, 2.24) is 24.2 Å². The van der Waals surface area contributed by atoms with Gasteiger partial charge < -0.3 is 10.0 Å². The van der Waals surface area contributed by atoms with Gasteiger partial charge in [0, 0.05) is 19.0 Å². The molecule has 1 aliphatic heterocycles. The number of nitrogens with zero attached hydrogens (tertiary/aromatic N) is 5. The summed E-state index contributed by atoms with van der Waals surface area (Å²) in [6.07, 6.45) is 8.07. The number of likely N-dealkylation sites (tertiary alicyclic amines) is 1. The first kappa shape index (κ1) is 24.6. The standard InChI is InChI=1S/C30H33N5O3/c36-28(25-14-8-7-13-24(25)22-9-3-1-4-10-22)33-17-15-30(38,16-18-33)20-34-21-31-27-26(29(34)37)19-32-35(27)23-11-5-2-6-12-23/h1-6,9-12,19,21,24-25,38H,7-8,13-18,20H2/t24-,25+/m0/s1. The van der Waals surface area contributed by atoms with Crippen molar-refractivity contribution in [2.75, 3.05) is 13.1 Å². The molecule has 1 N–H and O–H groups in total. The van der Waals surface area contributed by atoms with Gasteiger partial charge in [0.05, 0.1) is 24.0 Å². The molecule has 0 radical (unpaired) electrons. The predicted molar refractivity (Wildman–Crippen MR) is 145 cm³/mol. The largest absolute Gasteiger partial charge is 0.388 e. The average molecular weight is 512 g/mol. The first-order valence-corrected chi connectivity index (χ1v) is 13.6. The van der Waals surface area contributed by atoms with E-state index in [4.69, 9.17) is 0 Å². The van der Waals surface area contributed by atoms with Gasteiger partial charge >= 0.3 is 0 Å². The van der Waals surface area contributed by atoms with Crippen LogP contribution in [0.5, 0.6) is 0 Å². The normalized spacial score (nSPS) is 21.4. The molecule has 0 unspecified atom stereocenters. The zero-order valence-electron chi connectivity index (χ0n) is 21.4. The summed E-state index contributed by atoms with van der Waals surface area (Å²) in [5.41, 5.74) is 1.27. The van der Waals surface area contributed by atoms with Crippen LogP contribution in [-0.4, -0.2) is 53.9 Å². The topological polar surface area (TPSA) is 93.2 Å². The van der Waals surface area contributed by atoms with Crippen LogP contribution in [0.15, 0.2) is 78.0 Å². The Hall–Kier alpha value is -3.78. The summed E-state index contributed by atoms with van der Waals surface area (Å²) in [7, 11) is 0. The van der Waals surface area contributed by atoms with Crippen LogP contribution >= 0.6 is 0 Å². The van der Waals surface area contributed by atoms with Crippen LogP contribution in [0.4, 0.5) is 0 Å². The van der Waals surface area contributed by atoms with Crippen LogP contribution in [-0.2, 0) is 11.3 Å². The van der Waals surface area contributed by atoms with Gasteiger partial charge in [-0.25, -0.2) is 9.67 Å². The quantitative estimate of drug-likeness (QED) is 0.439. The molecule has 4 aromatic rings. The number of carbonyl (C=O) groups excluding carboxylic acids is 1. The summed E-state index contributed by atoms with van der Waals surface area (Å²) in [6.45, 7) is 1.12. The van der Waals surface area contributed by atoms with Gasteiger partial charge in [0.2, 0.25) is 5.91 Å². The molecule has 1 saturated heterocycles. The highest BCUT2D eigenvalue weighted by molar-refractivity contribution is 5.80. The monoisotopic (exact) mass is 511 g/mol. The van der Waals surface area contributed by atoms with Crippen molar-refractivity contribution >= 4 is 16.9 Å². The number of rotatable bonds is 5. The summed E-state index contributed by atoms with van der Waals surface area (Å²) in [5.74, 6) is 0.452. The van der Waals surface area contributed by atoms with E-state index in [1.165, 1.54) is 22.7 Å². The fraction of sp³-hybridized carbons (Fsp3) is 0.400. The molecule has 1 aliphatic carbocycles. The maximum atomic E-state index is 13.6. The minimum atomic E-state index is -1.07. The van der Waals surface area contributed by atoms with Crippen molar-refractivity contribution in [2.45, 2.75) is 56.6 Å². The first-order chi connectivity index (χ1) is 18.5. The van der Waals surface area contributed by atoms with Gasteiger partial charge in [-0.1, -0.05) is 61.4 Å². The van der Waals surface area contributed by atoms with Crippen LogP contribution in [0, 0.1) is 5.92 Å². The second kappa shape index (κ2) is 10.2. The van der Waals surface area contributed by atoms with Crippen molar-refractivity contribution in [3.05, 3.63) is 89.1 Å². The Balaban J connectivity index is 1.15. The smallest absolute Gasteiger partial charge is 0.264 e. The second-order valence-electron chi connectivity index (χ2n) is 10.8. The number of para-hydroxylation sites is 1. The minimum Gasteiger partial charge on any atom is -0.388 e. The summed E-state index contributed by atoms with van der Waals surface area (Å²) in [6, 6.07) is 19.9. The molecule has 2 atom stereocenters. The Morgan fingerprint density at radius 1 is 0.974 bits per heavy atom. The molecule has 8 heteroatoms. The number of fused-ring (bicyclic) bond motifs is 1. The lowest BCUT2D eigenvalue weighted by atomic mass is 9.74. The number of piperidine rings is 1. The second-order valence-corrected chi connectivity index (χ2v) is 10.8. The molecule has 1 saturated carbocycles. The summed E-state index contributed by atoms with van der Waals surface area (Å²) in [4.78, 5) is 33.3. The van der Waals surface area contributed by atoms with E-state index in [9.17, 15) is 14.7 Å². The zero-order chi connectivity index (χ0) is 26.1. The van der Waals surface area contributed by atoms with Crippen LogP contribution in [0.2, 0.25) is 0 Å². The van der Waals surface area contributed by atoms with Crippen LogP contribution < -0.4 is 5.56 Å². The molecular weight excluding hydrogens is 478 g/mol. The van der Waals surface area contributed by atoms with E-state index in [1.54, 1.807) is 4.68 Å². The van der Waals surface area contributed by atoms with Gasteiger partial charge in [0.15, 0.2) is 5.65 Å². The number of hydrogen-bond donors (Lipinski definition) is 1. The highest BCUT2D eigenvalue weighted by atomic mass is 16.3. The van der Waals surface area contributed by atoms with Crippen molar-refractivity contribution in [3.63, 3.8) is 0 Å². The molecule has 196 valence electrons. The lowest BCUT2D eigenvalue weighted by molar-refractivity contribution is -0.142. The predicted octanol–water partition coefficient (Wildman–Crippen LogP) is 3.91. The maximum absolute atomic E-state index is 13.6. The molecule has 0 spiro atoms. The van der Waals surface area contributed by atoms with Crippen LogP contribution in [0.1, 0.15) is 50.0 Å². The van der Waals surface area contributed by atoms with E-state index in [-0.39, 0.29) is 29.8 Å². The minimum absolute atomic E-state index is 0.00674. The van der Waals surface area contributed by atoms with Gasteiger partial charge in [-0.2, -0.15) is 5.10 Å². The SMILES string of the molecule is O=C([C@@H]1CCCC[C@H]1c1ccccc1)N1CCC(O)(Cn2cnc3c(cnn3-c3ccccc3)c2=O)CC1. The third kappa shape index (κ3) is 4.65. The van der Waals surface area contributed by atoms with E-state index in [1.807, 2.05) is 53.4 Å². The maximum Gasteiger partial charge on any atom is 0.264 e. The zero-order valence-corrected chi connectivity index (χ0v) is 21.4. The van der Waals surface area contributed by atoms with Crippen molar-refractivity contribution in [3.8, 4) is 5.69 Å². The molecule has 2 aliphatic rings. The molecule has 0 bridgehead atoms. The molecule has 3 heterocycles. The number of amides is 1. The highest BCUT2D eigenvalue weighted by Crippen LogP contribution is 2.39. The van der Waals surface area contributed by atoms with E-state index >= 15 is 0 Å². The van der Waals surface area contributed by atoms with Gasteiger partial charge in [0.25, 0.3) is 5.56 Å². The summed E-state index contributed by atoms with van der Waals surface area (Å²) in [5, 5.41) is 16.2. The van der Waals surface area contributed by atoms with Crippen LogP contribution in [0.25, 0.3) is 16.7 Å². The molecule has 2 aromatic carbocycles. The van der Waals surface area contributed by atoms with Crippen molar-refractivity contribution < 1.29 is 9.90 Å². The fourth-order valence-electron chi connectivity index (χ4n) is 6.20. The molecule has 6 rings (SSSR count). The molecule has 38 heavy (non-hydrogen) atoms. The van der Waals surface area contributed by atoms with Gasteiger partial charge in [-0.15, -0.1) is 0 Å². The van der Waals surface area contributed by atoms with Gasteiger partial charge in [-0.05, 0) is 49.3 Å². The highest BCUT2D eigenvalue weighted by Gasteiger charge is 2.39. The molecule has 2 aromatic heterocycles. The van der Waals surface area contributed by atoms with Crippen molar-refractivity contribution in [1.29, 1.82) is 0 Å². The van der Waals surface area contributed by atoms with E-state index in [0.717, 1.165) is 31.4 Å². The molecule has 2 fully saturated rings. The number of aromatic nitrogens is 4. The number of carbonyl (C=O) groups is 1. The van der Waals surface area contributed by atoms with Crippen molar-refractivity contribution in [2.24, 2.45) is 5.92 Å². The molecule has 8 nitrogen and oxygen atoms in total. The summed E-state index contributed by atoms with van der Waals surface area (Å²) < 4.78 is 3.12. The Kier molecular flexibility index (Phi) is 6.57. The first-order valence-electron chi connectivity index (χ1n) is 13.6. The third-order valence-corrected chi connectivity index (χ3v) is 8.34. The Morgan fingerprint density at radius 2 is 1.66 bits per heavy atom. The average Bonchev–Trinajstić information content (AvgIpc) is 3.40. The number of aliphatic hydroxyl groups is 1. The molecular formula is C30H33N5O3. The van der Waals surface area contributed by atoms with E-state index < -0.39 is 5.60 Å². The Labute approximate surface area is 221 Å². The summed E-state index contributed by atoms with van der Waals surface area (Å²) >= 11 is 0.